The van der Waals surface area contributed by atoms with Gasteiger partial charge in [-0.3, -0.25) is 42.9 Å². The van der Waals surface area contributed by atoms with E-state index in [2.05, 4.69) is 62.1 Å². The number of carbonyl (C=O) groups is 8. The fourth-order valence-corrected chi connectivity index (χ4v) is 8.16. The van der Waals surface area contributed by atoms with E-state index in [4.69, 9.17) is 27.7 Å². The second-order valence-corrected chi connectivity index (χ2v) is 18.7. The van der Waals surface area contributed by atoms with E-state index >= 15 is 0 Å². The lowest BCUT2D eigenvalue weighted by molar-refractivity contribution is -0.141. The number of ether oxygens (including phenoxy) is 1. The summed E-state index contributed by atoms with van der Waals surface area (Å²) < 4.78 is 34.6. The number of H-pyrrole nitrogens is 2. The average molecular weight is 1130 g/mol. The molecule has 5 rings (SSSR count). The van der Waals surface area contributed by atoms with Crippen LogP contribution in [0.4, 0.5) is 14.6 Å². The average Bonchev–Trinajstić information content (AvgIpc) is 4.19. The number of carbonyl (C=O) groups excluding carboxylic acids is 8. The molecule has 1 aromatic carbocycles. The molecule has 8 amide bonds. The number of imidazole rings is 2. The van der Waals surface area contributed by atoms with Crippen LogP contribution in [0, 0.1) is 0 Å². The fourth-order valence-electron chi connectivity index (χ4n) is 8.16. The third-order valence-electron chi connectivity index (χ3n) is 12.5. The number of nitrogens with zero attached hydrogens (tertiary/aromatic N) is 4. The van der Waals surface area contributed by atoms with E-state index in [-0.39, 0.29) is 57.4 Å². The highest BCUT2D eigenvalue weighted by Gasteiger charge is 2.59. The maximum absolute atomic E-state index is 14.7. The van der Waals surface area contributed by atoms with E-state index in [0.29, 0.717) is 40.8 Å². The summed E-state index contributed by atoms with van der Waals surface area (Å²) in [6, 6.07) is -1.47. The Labute approximate surface area is 454 Å². The van der Waals surface area contributed by atoms with Crippen LogP contribution < -0.4 is 65.8 Å². The van der Waals surface area contributed by atoms with Gasteiger partial charge >= 0.3 is 11.6 Å². The van der Waals surface area contributed by atoms with Gasteiger partial charge in [-0.05, 0) is 75.4 Å². The van der Waals surface area contributed by atoms with Gasteiger partial charge in [0.2, 0.25) is 53.5 Å². The van der Waals surface area contributed by atoms with Gasteiger partial charge in [-0.1, -0.05) is 12.1 Å². The Morgan fingerprint density at radius 3 is 1.82 bits per heavy atom. The number of phenols is 1. The van der Waals surface area contributed by atoms with Crippen molar-refractivity contribution < 1.29 is 67.2 Å². The quantitative estimate of drug-likeness (QED) is 0.0204. The van der Waals surface area contributed by atoms with Gasteiger partial charge in [-0.2, -0.15) is 13.8 Å². The highest BCUT2D eigenvalue weighted by Crippen LogP contribution is 2.42. The molecule has 30 nitrogen and oxygen atoms in total. The summed E-state index contributed by atoms with van der Waals surface area (Å²) in [4.78, 5) is 138. The molecule has 20 N–H and O–H groups in total. The van der Waals surface area contributed by atoms with Crippen LogP contribution in [-0.2, 0) is 62.4 Å². The number of aliphatic hydroxyl groups excluding tert-OH is 2. The summed E-state index contributed by atoms with van der Waals surface area (Å²) in [5.41, 5.74) is 23.2. The number of alkyl halides is 2. The number of anilines is 1. The minimum Gasteiger partial charge on any atom is -0.508 e. The maximum Gasteiger partial charge on any atom is 0.351 e. The number of halogens is 2. The van der Waals surface area contributed by atoms with Crippen molar-refractivity contribution in [3.63, 3.8) is 0 Å². The van der Waals surface area contributed by atoms with Crippen molar-refractivity contribution >= 4 is 53.1 Å². The highest BCUT2D eigenvalue weighted by atomic mass is 19.3. The van der Waals surface area contributed by atoms with E-state index < -0.39 is 139 Å². The van der Waals surface area contributed by atoms with Gasteiger partial charge in [0.1, 0.15) is 47.9 Å². The summed E-state index contributed by atoms with van der Waals surface area (Å²) in [5, 5.41) is 46.3. The Morgan fingerprint density at radius 2 is 1.27 bits per heavy atom. The number of aromatic amines is 2. The lowest BCUT2D eigenvalue weighted by Gasteiger charge is -2.26. The zero-order valence-electron chi connectivity index (χ0n) is 43.1. The molecule has 0 bridgehead atoms. The first kappa shape index (κ1) is 62.5. The molecular weight excluding hydrogens is 1060 g/mol. The van der Waals surface area contributed by atoms with E-state index in [1.807, 2.05) is 0 Å². The van der Waals surface area contributed by atoms with Crippen LogP contribution in [0.5, 0.6) is 5.75 Å². The molecule has 0 radical (unpaired) electrons. The molecule has 1 aliphatic heterocycles. The van der Waals surface area contributed by atoms with Crippen molar-refractivity contribution in [3.8, 4) is 5.75 Å². The number of hydrogen-bond donors (Lipinski definition) is 16. The molecule has 0 spiro atoms. The Balaban J connectivity index is 1.24. The fraction of sp³-hybridized carbons (Fsp3) is 0.500. The van der Waals surface area contributed by atoms with Crippen LogP contribution in [0.25, 0.3) is 0 Å². The Bertz CT molecular complexity index is 2770. The molecule has 1 aliphatic rings. The van der Waals surface area contributed by atoms with Crippen LogP contribution in [0.2, 0.25) is 0 Å². The highest BCUT2D eigenvalue weighted by molar-refractivity contribution is 5.98. The van der Waals surface area contributed by atoms with Gasteiger partial charge in [0.05, 0.1) is 38.3 Å². The predicted molar refractivity (Wildman–Crippen MR) is 276 cm³/mol. The molecule has 0 unspecified atom stereocenters. The molecule has 0 aliphatic carbocycles. The molecule has 9 atom stereocenters. The van der Waals surface area contributed by atoms with E-state index in [0.717, 1.165) is 12.3 Å². The summed E-state index contributed by atoms with van der Waals surface area (Å²) in [7, 11) is 0. The number of benzene rings is 1. The Morgan fingerprint density at radius 1 is 0.725 bits per heavy atom. The number of unbranched alkanes of at least 4 members (excludes halogenated alkanes) is 2. The molecule has 1 fully saturated rings. The van der Waals surface area contributed by atoms with Gasteiger partial charge in [-0.15, -0.1) is 0 Å². The minimum atomic E-state index is -4.01. The second-order valence-electron chi connectivity index (χ2n) is 18.7. The van der Waals surface area contributed by atoms with Crippen molar-refractivity contribution in [2.45, 2.75) is 125 Å². The van der Waals surface area contributed by atoms with Crippen LogP contribution in [0.1, 0.15) is 68.1 Å². The number of rotatable bonds is 32. The van der Waals surface area contributed by atoms with Gasteiger partial charge in [0, 0.05) is 49.2 Å². The molecule has 32 heteroatoms. The van der Waals surface area contributed by atoms with Crippen LogP contribution in [0.3, 0.4) is 0 Å². The molecule has 4 heterocycles. The van der Waals surface area contributed by atoms with E-state index in [1.165, 1.54) is 37.2 Å². The van der Waals surface area contributed by atoms with Crippen molar-refractivity contribution in [1.82, 2.24) is 61.4 Å². The molecule has 3 aromatic heterocycles. The number of primary amides is 1. The number of aromatic nitrogens is 6. The van der Waals surface area contributed by atoms with Crippen LogP contribution in [0.15, 0.2) is 66.4 Å². The third kappa shape index (κ3) is 18.4. The predicted octanol–water partition coefficient (Wildman–Crippen LogP) is -5.05. The van der Waals surface area contributed by atoms with Gasteiger partial charge in [0.25, 0.3) is 0 Å². The number of aromatic hydroxyl groups is 1. The normalized spacial score (nSPS) is 17.8. The zero-order valence-corrected chi connectivity index (χ0v) is 43.1. The van der Waals surface area contributed by atoms with Gasteiger partial charge in [-0.25, -0.2) is 14.8 Å². The second kappa shape index (κ2) is 30.2. The molecule has 1 saturated heterocycles. The first-order chi connectivity index (χ1) is 38.1. The topological polar surface area (TPSA) is 487 Å². The molecular formula is C48H67F2N17O13. The van der Waals surface area contributed by atoms with Gasteiger partial charge < -0.3 is 90.2 Å². The number of nitrogens with one attached hydrogen (secondary N) is 9. The van der Waals surface area contributed by atoms with Crippen LogP contribution in [-0.4, -0.2) is 173 Å². The molecule has 436 valence electrons. The smallest absolute Gasteiger partial charge is 0.351 e. The Kier molecular flexibility index (Phi) is 23.6. The lowest BCUT2D eigenvalue weighted by atomic mass is 10.0. The Hall–Kier alpha value is -8.30. The monoisotopic (exact) mass is 1130 g/mol. The minimum absolute atomic E-state index is 0.0268. The SMILES string of the molecule is NCCCC[C@H](NC(=O)CNC(=O)[C@H](Cc1cnc[nH]1)NC(=O)[C@H](CCCCN)NC(=O)[C@H](Cc1ccc(O)cc1)NC(=O)[C@@H](N)Cc1cnc[nH]1)C(=O)N[C@@H](CC(=O)Nc1ccn([C@@H]2O[C@H](CO)[C@@H](O)C2(F)F)c(=O)n1)C(N)=O. The summed E-state index contributed by atoms with van der Waals surface area (Å²) >= 11 is 0. The maximum atomic E-state index is 14.7. The van der Waals surface area contributed by atoms with Crippen molar-refractivity contribution in [3.05, 3.63) is 89.0 Å². The van der Waals surface area contributed by atoms with E-state index in [9.17, 15) is 67.3 Å². The van der Waals surface area contributed by atoms with Crippen LogP contribution >= 0.6 is 0 Å². The molecule has 4 aromatic rings. The molecule has 80 heavy (non-hydrogen) atoms. The first-order valence-corrected chi connectivity index (χ1v) is 25.3. The van der Waals surface area contributed by atoms with Crippen molar-refractivity contribution in [2.75, 3.05) is 31.6 Å². The van der Waals surface area contributed by atoms with Crippen molar-refractivity contribution in [1.29, 1.82) is 0 Å². The summed E-state index contributed by atoms with van der Waals surface area (Å²) in [6.07, 6.45) is 0.199. The first-order valence-electron chi connectivity index (χ1n) is 25.3. The van der Waals surface area contributed by atoms with Gasteiger partial charge in [0.15, 0.2) is 6.10 Å². The van der Waals surface area contributed by atoms with E-state index in [1.54, 1.807) is 12.1 Å². The number of nitrogens with two attached hydrogens (primary N) is 4. The number of amides is 8. The summed E-state index contributed by atoms with van der Waals surface area (Å²) in [6.45, 7) is -1.31. The third-order valence-corrected chi connectivity index (χ3v) is 12.5. The zero-order chi connectivity index (χ0) is 58.5. The standard InChI is InChI=1S/C48H67F2N17O13/c49-48(50)39(72)35(22-68)80-46(48)67-14-11-36(66-47(67)79)65-37(70)18-32(40(54)73)62-43(76)30(5-1-3-12-51)60-38(71)21-57-42(75)34(17-27-20-56-24-59-27)64-44(77)31(6-2-4-13-52)61-45(78)33(15-25-7-9-28(69)10-8-25)63-41(74)29(53)16-26-19-55-23-58-26/h7-11,14,19-20,23-24,29-35,39,46,68-69,72H,1-6,12-13,15-18,21-22,51-53H2,(H2,54,73)(H,55,58)(H,56,59)(H,57,75)(H,60,71)(H,61,78)(H,62,76)(H,63,74)(H,64,77)(H,65,66,70,79)/t29-,30-,31-,32-,33-,34-,35+,39+,46+/m0/s1. The lowest BCUT2D eigenvalue weighted by Crippen LogP contribution is -2.59. The number of hydrogen-bond acceptors (Lipinski definition) is 19. The summed E-state index contributed by atoms with van der Waals surface area (Å²) in [5.74, 6) is -11.9. The van der Waals surface area contributed by atoms with Crippen molar-refractivity contribution in [2.24, 2.45) is 22.9 Å². The largest absolute Gasteiger partial charge is 0.508 e. The number of phenolic OH excluding ortho intramolecular Hbond substituents is 1. The number of aliphatic hydroxyl groups is 2. The molecule has 0 saturated carbocycles.